The van der Waals surface area contributed by atoms with Crippen LogP contribution in [0.25, 0.3) is 0 Å². The van der Waals surface area contributed by atoms with Gasteiger partial charge in [0.05, 0.1) is 6.54 Å². The van der Waals surface area contributed by atoms with Gasteiger partial charge in [-0.2, -0.15) is 0 Å². The molecule has 1 rings (SSSR count). The van der Waals surface area contributed by atoms with E-state index in [-0.39, 0.29) is 5.91 Å². The van der Waals surface area contributed by atoms with E-state index in [9.17, 15) is 4.79 Å². The van der Waals surface area contributed by atoms with Crippen molar-refractivity contribution in [2.75, 3.05) is 39.3 Å². The summed E-state index contributed by atoms with van der Waals surface area (Å²) in [5, 5.41) is 0. The molecule has 0 saturated carbocycles. The van der Waals surface area contributed by atoms with Crippen molar-refractivity contribution < 1.29 is 4.79 Å². The predicted molar refractivity (Wildman–Crippen MR) is 69.6 cm³/mol. The van der Waals surface area contributed by atoms with Gasteiger partial charge in [-0.05, 0) is 38.9 Å². The Morgan fingerprint density at radius 3 is 2.65 bits per heavy atom. The van der Waals surface area contributed by atoms with Gasteiger partial charge in [0, 0.05) is 19.1 Å². The van der Waals surface area contributed by atoms with Gasteiger partial charge in [0.15, 0.2) is 0 Å². The van der Waals surface area contributed by atoms with E-state index in [2.05, 4.69) is 16.7 Å². The van der Waals surface area contributed by atoms with Crippen LogP contribution in [0.3, 0.4) is 0 Å². The molecule has 4 N–H and O–H groups in total. The largest absolute Gasteiger partial charge is 0.369 e. The highest BCUT2D eigenvalue weighted by Gasteiger charge is 2.20. The minimum Gasteiger partial charge on any atom is -0.369 e. The van der Waals surface area contributed by atoms with Gasteiger partial charge in [-0.15, -0.1) is 0 Å². The Hall–Kier alpha value is -0.650. The Kier molecular flexibility index (Phi) is 6.47. The van der Waals surface area contributed by atoms with Gasteiger partial charge < -0.3 is 11.5 Å². The Morgan fingerprint density at radius 2 is 2.06 bits per heavy atom. The third-order valence-electron chi connectivity index (χ3n) is 3.49. The zero-order valence-electron chi connectivity index (χ0n) is 10.9. The Morgan fingerprint density at radius 1 is 1.29 bits per heavy atom. The molecule has 0 aromatic carbocycles. The monoisotopic (exact) mass is 242 g/mol. The fourth-order valence-corrected chi connectivity index (χ4v) is 2.57. The molecule has 0 aromatic heterocycles. The number of hydrogen-bond acceptors (Lipinski definition) is 4. The highest BCUT2D eigenvalue weighted by Crippen LogP contribution is 2.12. The van der Waals surface area contributed by atoms with Gasteiger partial charge in [-0.1, -0.05) is 6.92 Å². The average Bonchev–Trinajstić information content (AvgIpc) is 2.51. The van der Waals surface area contributed by atoms with Crippen molar-refractivity contribution >= 4 is 5.91 Å². The molecule has 0 radical (unpaired) electrons. The maximum absolute atomic E-state index is 10.9. The van der Waals surface area contributed by atoms with Crippen LogP contribution in [0, 0.1) is 0 Å². The standard InChI is InChI=1S/C12H26N4O/c1-2-11(4-5-13)16-7-3-6-15(8-9-16)10-12(14)17/h11H,2-10,13H2,1H3,(H2,14,17). The molecule has 1 aliphatic rings. The van der Waals surface area contributed by atoms with Crippen LogP contribution in [0.5, 0.6) is 0 Å². The summed E-state index contributed by atoms with van der Waals surface area (Å²) in [4.78, 5) is 15.6. The first-order valence-corrected chi connectivity index (χ1v) is 6.62. The second-order valence-corrected chi connectivity index (χ2v) is 4.77. The van der Waals surface area contributed by atoms with Gasteiger partial charge >= 0.3 is 0 Å². The first kappa shape index (κ1) is 14.4. The summed E-state index contributed by atoms with van der Waals surface area (Å²) in [6.45, 7) is 7.38. The number of nitrogens with two attached hydrogens (primary N) is 2. The fourth-order valence-electron chi connectivity index (χ4n) is 2.57. The van der Waals surface area contributed by atoms with Crippen LogP contribution in [0.1, 0.15) is 26.2 Å². The second-order valence-electron chi connectivity index (χ2n) is 4.77. The molecule has 1 amide bonds. The maximum Gasteiger partial charge on any atom is 0.231 e. The van der Waals surface area contributed by atoms with E-state index >= 15 is 0 Å². The van der Waals surface area contributed by atoms with Crippen molar-refractivity contribution in [1.29, 1.82) is 0 Å². The molecular weight excluding hydrogens is 216 g/mol. The molecule has 1 aliphatic heterocycles. The van der Waals surface area contributed by atoms with Gasteiger partial charge in [-0.25, -0.2) is 0 Å². The van der Waals surface area contributed by atoms with Crippen molar-refractivity contribution in [1.82, 2.24) is 9.80 Å². The van der Waals surface area contributed by atoms with E-state index in [0.717, 1.165) is 52.0 Å². The number of amides is 1. The third-order valence-corrected chi connectivity index (χ3v) is 3.49. The number of primary amides is 1. The van der Waals surface area contributed by atoms with Crippen molar-refractivity contribution in [3.63, 3.8) is 0 Å². The molecule has 1 unspecified atom stereocenters. The molecule has 17 heavy (non-hydrogen) atoms. The minimum atomic E-state index is -0.229. The van der Waals surface area contributed by atoms with Gasteiger partial charge in [-0.3, -0.25) is 14.6 Å². The van der Waals surface area contributed by atoms with Gasteiger partial charge in [0.1, 0.15) is 0 Å². The van der Waals surface area contributed by atoms with E-state index in [0.29, 0.717) is 12.6 Å². The normalized spacial score (nSPS) is 21.1. The number of rotatable bonds is 6. The molecule has 1 heterocycles. The molecular formula is C12H26N4O. The van der Waals surface area contributed by atoms with Gasteiger partial charge in [0.2, 0.25) is 5.91 Å². The SMILES string of the molecule is CCC(CCN)N1CCCN(CC(N)=O)CC1. The summed E-state index contributed by atoms with van der Waals surface area (Å²) in [6.07, 6.45) is 3.31. The number of carbonyl (C=O) groups excluding carboxylic acids is 1. The summed E-state index contributed by atoms with van der Waals surface area (Å²) in [5.74, 6) is -0.229. The Bertz CT molecular complexity index is 235. The van der Waals surface area contributed by atoms with Crippen LogP contribution >= 0.6 is 0 Å². The summed E-state index contributed by atoms with van der Waals surface area (Å²) in [7, 11) is 0. The van der Waals surface area contributed by atoms with Crippen LogP contribution in [0.2, 0.25) is 0 Å². The topological polar surface area (TPSA) is 75.6 Å². The Labute approximate surface area is 104 Å². The average molecular weight is 242 g/mol. The van der Waals surface area contributed by atoms with Gasteiger partial charge in [0.25, 0.3) is 0 Å². The quantitative estimate of drug-likeness (QED) is 0.665. The third kappa shape index (κ3) is 5.02. The minimum absolute atomic E-state index is 0.229. The van der Waals surface area contributed by atoms with Crippen LogP contribution < -0.4 is 11.5 Å². The lowest BCUT2D eigenvalue weighted by Gasteiger charge is -2.29. The Balaban J connectivity index is 2.42. The zero-order chi connectivity index (χ0) is 12.7. The highest BCUT2D eigenvalue weighted by atomic mass is 16.1. The first-order chi connectivity index (χ1) is 8.17. The molecule has 1 fully saturated rings. The molecule has 1 atom stereocenters. The molecule has 0 bridgehead atoms. The lowest BCUT2D eigenvalue weighted by Crippen LogP contribution is -2.40. The lowest BCUT2D eigenvalue weighted by atomic mass is 10.1. The summed E-state index contributed by atoms with van der Waals surface area (Å²) in [6, 6.07) is 0.591. The van der Waals surface area contributed by atoms with E-state index in [1.165, 1.54) is 0 Å². The molecule has 100 valence electrons. The number of carbonyl (C=O) groups is 1. The number of nitrogens with zero attached hydrogens (tertiary/aromatic N) is 2. The summed E-state index contributed by atoms with van der Waals surface area (Å²) >= 11 is 0. The molecule has 0 spiro atoms. The van der Waals surface area contributed by atoms with Crippen molar-refractivity contribution in [2.45, 2.75) is 32.2 Å². The molecule has 0 aromatic rings. The highest BCUT2D eigenvalue weighted by molar-refractivity contribution is 5.75. The maximum atomic E-state index is 10.9. The second kappa shape index (κ2) is 7.63. The van der Waals surface area contributed by atoms with E-state index in [4.69, 9.17) is 11.5 Å². The number of hydrogen-bond donors (Lipinski definition) is 2. The van der Waals surface area contributed by atoms with Crippen LogP contribution in [-0.4, -0.2) is 61.0 Å². The van der Waals surface area contributed by atoms with E-state index in [1.54, 1.807) is 0 Å². The smallest absolute Gasteiger partial charge is 0.231 e. The first-order valence-electron chi connectivity index (χ1n) is 6.62. The summed E-state index contributed by atoms with van der Waals surface area (Å²) in [5.41, 5.74) is 10.9. The van der Waals surface area contributed by atoms with Crippen LogP contribution in [0.4, 0.5) is 0 Å². The fraction of sp³-hybridized carbons (Fsp3) is 0.917. The van der Waals surface area contributed by atoms with Crippen molar-refractivity contribution in [2.24, 2.45) is 11.5 Å². The van der Waals surface area contributed by atoms with Crippen LogP contribution in [-0.2, 0) is 4.79 Å². The van der Waals surface area contributed by atoms with E-state index in [1.807, 2.05) is 0 Å². The molecule has 5 nitrogen and oxygen atoms in total. The van der Waals surface area contributed by atoms with Crippen molar-refractivity contribution in [3.05, 3.63) is 0 Å². The molecule has 0 aliphatic carbocycles. The van der Waals surface area contributed by atoms with E-state index < -0.39 is 0 Å². The zero-order valence-corrected chi connectivity index (χ0v) is 10.9. The lowest BCUT2D eigenvalue weighted by molar-refractivity contribution is -0.119. The van der Waals surface area contributed by atoms with Crippen molar-refractivity contribution in [3.8, 4) is 0 Å². The molecule has 5 heteroatoms. The predicted octanol–water partition coefficient (Wildman–Crippen LogP) is -0.393. The summed E-state index contributed by atoms with van der Waals surface area (Å²) < 4.78 is 0. The van der Waals surface area contributed by atoms with Crippen LogP contribution in [0.15, 0.2) is 0 Å². The molecule has 1 saturated heterocycles.